The van der Waals surface area contributed by atoms with Crippen molar-refractivity contribution < 1.29 is 9.53 Å². The van der Waals surface area contributed by atoms with Crippen molar-refractivity contribution in [3.8, 4) is 16.3 Å². The molecule has 1 aromatic heterocycles. The summed E-state index contributed by atoms with van der Waals surface area (Å²) >= 11 is 7.80. The highest BCUT2D eigenvalue weighted by Crippen LogP contribution is 2.32. The van der Waals surface area contributed by atoms with Crippen LogP contribution in [0.5, 0.6) is 5.75 Å². The molecule has 3 rings (SSSR count). The number of halogens is 1. The zero-order valence-corrected chi connectivity index (χ0v) is 16.2. The second-order valence-electron chi connectivity index (χ2n) is 5.77. The summed E-state index contributed by atoms with van der Waals surface area (Å²) < 4.78 is 5.29. The first-order valence-electron chi connectivity index (χ1n) is 8.18. The van der Waals surface area contributed by atoms with Gasteiger partial charge in [-0.2, -0.15) is 0 Å². The van der Waals surface area contributed by atoms with Gasteiger partial charge in [-0.05, 0) is 19.1 Å². The van der Waals surface area contributed by atoms with Crippen molar-refractivity contribution in [1.29, 1.82) is 0 Å². The normalized spacial score (nSPS) is 10.6. The van der Waals surface area contributed by atoms with E-state index in [9.17, 15) is 4.79 Å². The predicted molar refractivity (Wildman–Crippen MR) is 106 cm³/mol. The summed E-state index contributed by atoms with van der Waals surface area (Å²) in [5, 5.41) is 4.50. The standard InChI is InChI=1S/C20H19ClN2O2S/c1-13-18(26-20(23-13)15-8-4-5-9-16(15)21)12-22-19(24)11-14-7-3-6-10-17(14)25-2/h3-10H,11-12H2,1-2H3,(H,22,24). The molecule has 0 radical (unpaired) electrons. The number of ether oxygens (including phenoxy) is 1. The molecule has 0 aliphatic heterocycles. The van der Waals surface area contributed by atoms with E-state index in [1.165, 1.54) is 0 Å². The summed E-state index contributed by atoms with van der Waals surface area (Å²) in [7, 11) is 1.60. The summed E-state index contributed by atoms with van der Waals surface area (Å²) in [4.78, 5) is 17.9. The molecule has 0 aliphatic rings. The molecule has 1 N–H and O–H groups in total. The van der Waals surface area contributed by atoms with Crippen LogP contribution in [-0.2, 0) is 17.8 Å². The molecule has 134 valence electrons. The number of nitrogens with one attached hydrogen (secondary N) is 1. The molecule has 0 spiro atoms. The topological polar surface area (TPSA) is 51.2 Å². The number of carbonyl (C=O) groups excluding carboxylic acids is 1. The molecule has 0 atom stereocenters. The van der Waals surface area contributed by atoms with Crippen LogP contribution in [-0.4, -0.2) is 18.0 Å². The van der Waals surface area contributed by atoms with Crippen LogP contribution < -0.4 is 10.1 Å². The first-order chi connectivity index (χ1) is 12.6. The fourth-order valence-corrected chi connectivity index (χ4v) is 3.93. The third-order valence-corrected chi connectivity index (χ3v) is 5.51. The summed E-state index contributed by atoms with van der Waals surface area (Å²) in [5.74, 6) is 0.666. The van der Waals surface area contributed by atoms with Gasteiger partial charge in [-0.3, -0.25) is 4.79 Å². The fourth-order valence-electron chi connectivity index (χ4n) is 2.61. The Morgan fingerprint density at radius 3 is 2.69 bits per heavy atom. The van der Waals surface area contributed by atoms with Gasteiger partial charge in [0, 0.05) is 16.0 Å². The first-order valence-corrected chi connectivity index (χ1v) is 9.37. The first kappa shape index (κ1) is 18.4. The van der Waals surface area contributed by atoms with Gasteiger partial charge >= 0.3 is 0 Å². The van der Waals surface area contributed by atoms with Crippen LogP contribution in [0.2, 0.25) is 5.02 Å². The maximum absolute atomic E-state index is 12.3. The lowest BCUT2D eigenvalue weighted by Gasteiger charge is -2.08. The minimum Gasteiger partial charge on any atom is -0.496 e. The lowest BCUT2D eigenvalue weighted by Crippen LogP contribution is -2.24. The molecule has 6 heteroatoms. The number of methoxy groups -OCH3 is 1. The van der Waals surface area contributed by atoms with Crippen LogP contribution in [0.3, 0.4) is 0 Å². The van der Waals surface area contributed by atoms with Crippen molar-refractivity contribution in [2.45, 2.75) is 19.9 Å². The lowest BCUT2D eigenvalue weighted by atomic mass is 10.1. The van der Waals surface area contributed by atoms with Crippen LogP contribution in [0, 0.1) is 6.92 Å². The summed E-state index contributed by atoms with van der Waals surface area (Å²) in [6.07, 6.45) is 0.277. The third-order valence-electron chi connectivity index (χ3n) is 3.99. The number of benzene rings is 2. The Labute approximate surface area is 161 Å². The number of amides is 1. The number of aryl methyl sites for hydroxylation is 1. The maximum atomic E-state index is 12.3. The molecule has 0 aliphatic carbocycles. The molecular weight excluding hydrogens is 368 g/mol. The number of carbonyl (C=O) groups is 1. The quantitative estimate of drug-likeness (QED) is 0.671. The smallest absolute Gasteiger partial charge is 0.224 e. The highest BCUT2D eigenvalue weighted by Gasteiger charge is 2.13. The van der Waals surface area contributed by atoms with Gasteiger partial charge in [-0.15, -0.1) is 11.3 Å². The monoisotopic (exact) mass is 386 g/mol. The van der Waals surface area contributed by atoms with E-state index < -0.39 is 0 Å². The molecule has 3 aromatic rings. The largest absolute Gasteiger partial charge is 0.496 e. The Morgan fingerprint density at radius 2 is 1.92 bits per heavy atom. The fraction of sp³-hybridized carbons (Fsp3) is 0.200. The van der Waals surface area contributed by atoms with E-state index >= 15 is 0 Å². The maximum Gasteiger partial charge on any atom is 0.224 e. The molecular formula is C20H19ClN2O2S. The SMILES string of the molecule is COc1ccccc1CC(=O)NCc1sc(-c2ccccc2Cl)nc1C. The highest BCUT2D eigenvalue weighted by atomic mass is 35.5. The summed E-state index contributed by atoms with van der Waals surface area (Å²) in [6, 6.07) is 15.2. The van der Waals surface area contributed by atoms with E-state index in [2.05, 4.69) is 10.3 Å². The number of aromatic nitrogens is 1. The van der Waals surface area contributed by atoms with Crippen LogP contribution in [0.15, 0.2) is 48.5 Å². The van der Waals surface area contributed by atoms with E-state index in [1.807, 2.05) is 55.5 Å². The number of rotatable bonds is 6. The van der Waals surface area contributed by atoms with Crippen molar-refractivity contribution in [2.75, 3.05) is 7.11 Å². The number of hydrogen-bond acceptors (Lipinski definition) is 4. The molecule has 26 heavy (non-hydrogen) atoms. The van der Waals surface area contributed by atoms with Crippen molar-refractivity contribution in [3.63, 3.8) is 0 Å². The Hall–Kier alpha value is -2.37. The van der Waals surface area contributed by atoms with Gasteiger partial charge in [-0.25, -0.2) is 4.98 Å². The molecule has 2 aromatic carbocycles. The highest BCUT2D eigenvalue weighted by molar-refractivity contribution is 7.15. The van der Waals surface area contributed by atoms with Gasteiger partial charge in [0.1, 0.15) is 10.8 Å². The predicted octanol–water partition coefficient (Wildman–Crippen LogP) is 4.64. The van der Waals surface area contributed by atoms with E-state index in [-0.39, 0.29) is 12.3 Å². The Kier molecular flexibility index (Phi) is 5.91. The van der Waals surface area contributed by atoms with Crippen molar-refractivity contribution >= 4 is 28.8 Å². The van der Waals surface area contributed by atoms with Gasteiger partial charge in [0.05, 0.1) is 30.8 Å². The van der Waals surface area contributed by atoms with Gasteiger partial charge in [0.15, 0.2) is 0 Å². The van der Waals surface area contributed by atoms with Crippen molar-refractivity contribution in [3.05, 3.63) is 69.7 Å². The Balaban J connectivity index is 1.67. The van der Waals surface area contributed by atoms with E-state index in [4.69, 9.17) is 16.3 Å². The number of para-hydroxylation sites is 1. The molecule has 1 amide bonds. The molecule has 0 saturated heterocycles. The molecule has 0 fully saturated rings. The zero-order valence-electron chi connectivity index (χ0n) is 14.6. The molecule has 1 heterocycles. The van der Waals surface area contributed by atoms with E-state index in [0.717, 1.165) is 32.5 Å². The van der Waals surface area contributed by atoms with Crippen molar-refractivity contribution in [1.82, 2.24) is 10.3 Å². The van der Waals surface area contributed by atoms with Gasteiger partial charge in [0.2, 0.25) is 5.91 Å². The number of nitrogens with zero attached hydrogens (tertiary/aromatic N) is 1. The number of hydrogen-bond donors (Lipinski definition) is 1. The van der Waals surface area contributed by atoms with Gasteiger partial charge < -0.3 is 10.1 Å². The van der Waals surface area contributed by atoms with Crippen LogP contribution in [0.25, 0.3) is 10.6 Å². The van der Waals surface area contributed by atoms with Crippen molar-refractivity contribution in [2.24, 2.45) is 0 Å². The molecule has 0 saturated carbocycles. The molecule has 0 bridgehead atoms. The Bertz CT molecular complexity index is 924. The summed E-state index contributed by atoms with van der Waals surface area (Å²) in [5.41, 5.74) is 2.68. The molecule has 0 unspecified atom stereocenters. The summed E-state index contributed by atoms with van der Waals surface area (Å²) in [6.45, 7) is 2.39. The second kappa shape index (κ2) is 8.34. The average molecular weight is 387 g/mol. The van der Waals surface area contributed by atoms with E-state index in [1.54, 1.807) is 18.4 Å². The second-order valence-corrected chi connectivity index (χ2v) is 7.26. The van der Waals surface area contributed by atoms with E-state index in [0.29, 0.717) is 11.6 Å². The minimum atomic E-state index is -0.0541. The van der Waals surface area contributed by atoms with Crippen LogP contribution >= 0.6 is 22.9 Å². The van der Waals surface area contributed by atoms with Crippen LogP contribution in [0.1, 0.15) is 16.1 Å². The lowest BCUT2D eigenvalue weighted by molar-refractivity contribution is -0.120. The Morgan fingerprint density at radius 1 is 1.19 bits per heavy atom. The average Bonchev–Trinajstić information content (AvgIpc) is 3.01. The van der Waals surface area contributed by atoms with Gasteiger partial charge in [0.25, 0.3) is 0 Å². The van der Waals surface area contributed by atoms with Gasteiger partial charge in [-0.1, -0.05) is 48.0 Å². The minimum absolute atomic E-state index is 0.0541. The third kappa shape index (κ3) is 4.23. The zero-order chi connectivity index (χ0) is 18.5. The molecule has 4 nitrogen and oxygen atoms in total. The van der Waals surface area contributed by atoms with Crippen LogP contribution in [0.4, 0.5) is 0 Å². The number of thiazole rings is 1.